The molecule has 3 N–H and O–H groups in total. The standard InChI is InChI=1S/C30H32ClFN8O3/c1-17(19-8-5-9-19)33-25-24-26(35-27(34-25)28-37-30(41)43-38-28)36-29(40(24)15-18-10-11-21(31)22(32)14-18)39-12-13-42-16-23(39)20-6-3-2-4-7-20/h2-4,6-7,10-11,14,17,19,23,28,38H,5,8-9,12-13,15-16H2,1H3,(H,37,41)(H,33,34,35)/t17-,23+,28?/m1/s1. The number of benzene rings is 2. The molecule has 0 radical (unpaired) electrons. The third-order valence-corrected chi connectivity index (χ3v) is 8.81. The molecule has 0 spiro atoms. The number of hydroxylamine groups is 1. The number of carbonyl (C=O) groups is 1. The Morgan fingerprint density at radius 2 is 2.00 bits per heavy atom. The van der Waals surface area contributed by atoms with E-state index in [-0.39, 0.29) is 17.1 Å². The second-order valence-corrected chi connectivity index (χ2v) is 11.7. The molecule has 224 valence electrons. The van der Waals surface area contributed by atoms with Crippen LogP contribution in [-0.4, -0.2) is 51.4 Å². The van der Waals surface area contributed by atoms with Crippen LogP contribution < -0.4 is 21.0 Å². The Hall–Kier alpha value is -4.00. The molecule has 1 amide bonds. The Labute approximate surface area is 252 Å². The van der Waals surface area contributed by atoms with Gasteiger partial charge in [-0.2, -0.15) is 4.98 Å². The number of rotatable bonds is 8. The van der Waals surface area contributed by atoms with Gasteiger partial charge < -0.3 is 24.4 Å². The topological polar surface area (TPSA) is 118 Å². The van der Waals surface area contributed by atoms with Gasteiger partial charge in [-0.15, -0.1) is 5.48 Å². The Bertz CT molecular complexity index is 1650. The molecule has 3 atom stereocenters. The van der Waals surface area contributed by atoms with E-state index in [1.807, 2.05) is 28.8 Å². The number of halogens is 2. The van der Waals surface area contributed by atoms with Crippen molar-refractivity contribution in [3.05, 3.63) is 76.3 Å². The van der Waals surface area contributed by atoms with Crippen LogP contribution in [0.2, 0.25) is 5.02 Å². The van der Waals surface area contributed by atoms with Crippen LogP contribution in [0.3, 0.4) is 0 Å². The predicted octanol–water partition coefficient (Wildman–Crippen LogP) is 5.09. The van der Waals surface area contributed by atoms with E-state index in [0.29, 0.717) is 66.5 Å². The van der Waals surface area contributed by atoms with Crippen LogP contribution in [-0.2, 0) is 16.1 Å². The van der Waals surface area contributed by atoms with Gasteiger partial charge >= 0.3 is 6.09 Å². The third-order valence-electron chi connectivity index (χ3n) is 8.51. The lowest BCUT2D eigenvalue weighted by molar-refractivity contribution is 0.0929. The number of ether oxygens (including phenoxy) is 1. The first kappa shape index (κ1) is 27.8. The van der Waals surface area contributed by atoms with Gasteiger partial charge in [0.25, 0.3) is 0 Å². The number of fused-ring (bicyclic) bond motifs is 1. The van der Waals surface area contributed by atoms with Crippen molar-refractivity contribution in [1.82, 2.24) is 30.3 Å². The van der Waals surface area contributed by atoms with Crippen molar-refractivity contribution < 1.29 is 18.8 Å². The van der Waals surface area contributed by atoms with Crippen molar-refractivity contribution in [2.75, 3.05) is 30.0 Å². The summed E-state index contributed by atoms with van der Waals surface area (Å²) in [5, 5.41) is 6.39. The van der Waals surface area contributed by atoms with Crippen molar-refractivity contribution in [1.29, 1.82) is 0 Å². The van der Waals surface area contributed by atoms with E-state index in [9.17, 15) is 9.18 Å². The Kier molecular flexibility index (Phi) is 7.50. The summed E-state index contributed by atoms with van der Waals surface area (Å²) in [7, 11) is 0. The van der Waals surface area contributed by atoms with Crippen molar-refractivity contribution >= 4 is 40.6 Å². The molecule has 2 saturated heterocycles. The summed E-state index contributed by atoms with van der Waals surface area (Å²) in [5.74, 6) is 1.59. The maximum Gasteiger partial charge on any atom is 0.427 e. The van der Waals surface area contributed by atoms with Gasteiger partial charge in [0.05, 0.1) is 30.8 Å². The first-order chi connectivity index (χ1) is 20.9. The summed E-state index contributed by atoms with van der Waals surface area (Å²) in [6.45, 7) is 4.06. The van der Waals surface area contributed by atoms with Crippen LogP contribution in [0.1, 0.15) is 55.3 Å². The smallest absolute Gasteiger partial charge is 0.377 e. The second kappa shape index (κ2) is 11.6. The number of aromatic nitrogens is 4. The Morgan fingerprint density at radius 1 is 1.16 bits per heavy atom. The molecule has 0 bridgehead atoms. The largest absolute Gasteiger partial charge is 0.427 e. The Morgan fingerprint density at radius 3 is 2.72 bits per heavy atom. The predicted molar refractivity (Wildman–Crippen MR) is 159 cm³/mol. The molecule has 7 rings (SSSR count). The van der Waals surface area contributed by atoms with Crippen molar-refractivity contribution in [2.45, 2.75) is 51.0 Å². The van der Waals surface area contributed by atoms with Gasteiger partial charge in [-0.1, -0.05) is 54.4 Å². The molecule has 2 aliphatic heterocycles. The summed E-state index contributed by atoms with van der Waals surface area (Å²) in [6, 6.07) is 15.0. The normalized spacial score (nSPS) is 21.4. The van der Waals surface area contributed by atoms with Gasteiger partial charge in [-0.05, 0) is 48.9 Å². The zero-order valence-electron chi connectivity index (χ0n) is 23.6. The van der Waals surface area contributed by atoms with Crippen LogP contribution in [0.15, 0.2) is 48.5 Å². The molecule has 4 heterocycles. The highest BCUT2D eigenvalue weighted by atomic mass is 35.5. The molecule has 11 nitrogen and oxygen atoms in total. The first-order valence-electron chi connectivity index (χ1n) is 14.6. The highest BCUT2D eigenvalue weighted by molar-refractivity contribution is 6.30. The summed E-state index contributed by atoms with van der Waals surface area (Å²) < 4.78 is 22.6. The molecule has 2 aromatic carbocycles. The maximum atomic E-state index is 14.6. The number of morpholine rings is 1. The molecule has 1 aliphatic carbocycles. The van der Waals surface area contributed by atoms with Crippen LogP contribution in [0.5, 0.6) is 0 Å². The number of nitrogens with one attached hydrogen (secondary N) is 3. The number of amides is 1. The van der Waals surface area contributed by atoms with Gasteiger partial charge in [0, 0.05) is 12.6 Å². The minimum absolute atomic E-state index is 0.0646. The lowest BCUT2D eigenvalue weighted by Gasteiger charge is -2.37. The van der Waals surface area contributed by atoms with Crippen molar-refractivity contribution in [2.24, 2.45) is 5.92 Å². The van der Waals surface area contributed by atoms with E-state index in [1.54, 1.807) is 6.07 Å². The number of imidazole rings is 1. The van der Waals surface area contributed by atoms with Crippen molar-refractivity contribution in [3.8, 4) is 0 Å². The van der Waals surface area contributed by atoms with Crippen LogP contribution >= 0.6 is 11.6 Å². The van der Waals surface area contributed by atoms with Crippen LogP contribution in [0.4, 0.5) is 21.0 Å². The molecule has 43 heavy (non-hydrogen) atoms. The van der Waals surface area contributed by atoms with Gasteiger partial charge in [-0.3, -0.25) is 5.32 Å². The van der Waals surface area contributed by atoms with Crippen LogP contribution in [0.25, 0.3) is 11.2 Å². The number of anilines is 2. The fourth-order valence-electron chi connectivity index (χ4n) is 5.93. The van der Waals surface area contributed by atoms with E-state index in [4.69, 9.17) is 36.1 Å². The number of carbonyl (C=O) groups excluding carboxylic acids is 1. The molecular formula is C30H32ClFN8O3. The summed E-state index contributed by atoms with van der Waals surface area (Å²) in [6.07, 6.45) is 2.14. The van der Waals surface area contributed by atoms with E-state index < -0.39 is 18.1 Å². The zero-order valence-corrected chi connectivity index (χ0v) is 24.4. The minimum Gasteiger partial charge on any atom is -0.377 e. The van der Waals surface area contributed by atoms with E-state index in [2.05, 4.69) is 40.1 Å². The minimum atomic E-state index is -0.740. The second-order valence-electron chi connectivity index (χ2n) is 11.3. The average Bonchev–Trinajstić information content (AvgIpc) is 3.58. The number of hydrogen-bond acceptors (Lipinski definition) is 9. The fraction of sp³-hybridized carbons (Fsp3) is 0.400. The quantitative estimate of drug-likeness (QED) is 0.252. The lowest BCUT2D eigenvalue weighted by Crippen LogP contribution is -2.41. The van der Waals surface area contributed by atoms with Gasteiger partial charge in [-0.25, -0.2) is 19.2 Å². The summed E-state index contributed by atoms with van der Waals surface area (Å²) >= 11 is 6.03. The van der Waals surface area contributed by atoms with E-state index in [1.165, 1.54) is 12.5 Å². The van der Waals surface area contributed by atoms with Gasteiger partial charge in [0.2, 0.25) is 5.95 Å². The highest BCUT2D eigenvalue weighted by Crippen LogP contribution is 2.37. The van der Waals surface area contributed by atoms with E-state index in [0.717, 1.165) is 18.4 Å². The fourth-order valence-corrected chi connectivity index (χ4v) is 6.05. The maximum absolute atomic E-state index is 14.6. The SMILES string of the molecule is C[C@@H](Nc1nc(C2NOC(=O)N2)nc2nc(N3CCOC[C@H]3c3ccccc3)n(Cc3ccc(Cl)c(F)c3)c12)C1CCC1. The molecule has 3 fully saturated rings. The van der Waals surface area contributed by atoms with Gasteiger partial charge in [0.15, 0.2) is 23.5 Å². The highest BCUT2D eigenvalue weighted by Gasteiger charge is 2.34. The molecule has 13 heteroatoms. The summed E-state index contributed by atoms with van der Waals surface area (Å²) in [5.41, 5.74) is 5.59. The third kappa shape index (κ3) is 5.46. The first-order valence-corrected chi connectivity index (χ1v) is 14.9. The van der Waals surface area contributed by atoms with Crippen molar-refractivity contribution in [3.63, 3.8) is 0 Å². The molecule has 1 unspecified atom stereocenters. The molecule has 3 aliphatic rings. The molecular weight excluding hydrogens is 575 g/mol. The van der Waals surface area contributed by atoms with E-state index >= 15 is 0 Å². The molecule has 1 saturated carbocycles. The lowest BCUT2D eigenvalue weighted by atomic mass is 9.80. The Balaban J connectivity index is 1.40. The average molecular weight is 607 g/mol. The van der Waals surface area contributed by atoms with Crippen LogP contribution in [0, 0.1) is 11.7 Å². The number of hydrogen-bond donors (Lipinski definition) is 3. The molecule has 2 aromatic heterocycles. The monoisotopic (exact) mass is 606 g/mol. The van der Waals surface area contributed by atoms with Gasteiger partial charge in [0.1, 0.15) is 11.3 Å². The summed E-state index contributed by atoms with van der Waals surface area (Å²) in [4.78, 5) is 33.7. The zero-order chi connectivity index (χ0) is 29.5. The number of nitrogens with zero attached hydrogens (tertiary/aromatic N) is 5. The molecule has 4 aromatic rings.